The van der Waals surface area contributed by atoms with Crippen LogP contribution in [-0.4, -0.2) is 35.5 Å². The molecule has 0 radical (unpaired) electrons. The van der Waals surface area contributed by atoms with Gasteiger partial charge in [-0.25, -0.2) is 0 Å². The van der Waals surface area contributed by atoms with E-state index in [0.29, 0.717) is 6.54 Å². The molecule has 0 spiro atoms. The lowest BCUT2D eigenvalue weighted by Crippen LogP contribution is -2.35. The van der Waals surface area contributed by atoms with Crippen molar-refractivity contribution in [1.82, 2.24) is 4.90 Å². The molecule has 0 aliphatic carbocycles. The molecule has 2 nitrogen and oxygen atoms in total. The van der Waals surface area contributed by atoms with Crippen molar-refractivity contribution in [3.05, 3.63) is 21.9 Å². The van der Waals surface area contributed by atoms with Gasteiger partial charge in [0, 0.05) is 46.5 Å². The van der Waals surface area contributed by atoms with Crippen molar-refractivity contribution in [3.8, 4) is 11.8 Å². The molecule has 1 atom stereocenters. The number of rotatable bonds is 2. The summed E-state index contributed by atoms with van der Waals surface area (Å²) in [4.78, 5) is 3.94. The summed E-state index contributed by atoms with van der Waals surface area (Å²) < 4.78 is 0. The molecule has 1 unspecified atom stereocenters. The van der Waals surface area contributed by atoms with Crippen LogP contribution in [0.15, 0.2) is 11.4 Å². The Morgan fingerprint density at radius 3 is 3.24 bits per heavy atom. The third-order valence-corrected chi connectivity index (χ3v) is 4.75. The van der Waals surface area contributed by atoms with Crippen molar-refractivity contribution in [2.45, 2.75) is 18.7 Å². The molecule has 4 heteroatoms. The van der Waals surface area contributed by atoms with Crippen molar-refractivity contribution in [1.29, 1.82) is 0 Å². The van der Waals surface area contributed by atoms with Gasteiger partial charge in [0.15, 0.2) is 0 Å². The average Bonchev–Trinajstić information content (AvgIpc) is 2.74. The third-order valence-electron chi connectivity index (χ3n) is 2.69. The summed E-state index contributed by atoms with van der Waals surface area (Å²) in [6, 6.07) is 2.19. The minimum atomic E-state index is 0.437. The van der Waals surface area contributed by atoms with Crippen molar-refractivity contribution < 1.29 is 0 Å². The van der Waals surface area contributed by atoms with Gasteiger partial charge in [-0.3, -0.25) is 4.90 Å². The summed E-state index contributed by atoms with van der Waals surface area (Å²) in [5.41, 5.74) is 6.47. The smallest absolute Gasteiger partial charge is 0.0555 e. The molecule has 0 bridgehead atoms. The molecular formula is C13H18N2S2. The van der Waals surface area contributed by atoms with E-state index in [9.17, 15) is 0 Å². The lowest BCUT2D eigenvalue weighted by atomic mass is 10.3. The molecule has 17 heavy (non-hydrogen) atoms. The maximum Gasteiger partial charge on any atom is 0.0555 e. The van der Waals surface area contributed by atoms with E-state index in [1.54, 1.807) is 11.3 Å². The van der Waals surface area contributed by atoms with Crippen LogP contribution in [0.25, 0.3) is 0 Å². The van der Waals surface area contributed by atoms with E-state index in [-0.39, 0.29) is 0 Å². The van der Waals surface area contributed by atoms with E-state index in [2.05, 4.69) is 46.9 Å². The van der Waals surface area contributed by atoms with Crippen LogP contribution >= 0.6 is 23.1 Å². The van der Waals surface area contributed by atoms with Gasteiger partial charge in [0.05, 0.1) is 6.54 Å². The molecule has 1 fully saturated rings. The highest BCUT2D eigenvalue weighted by atomic mass is 32.2. The van der Waals surface area contributed by atoms with Crippen LogP contribution in [-0.2, 0) is 6.54 Å². The number of thiophene rings is 1. The molecule has 1 aliphatic rings. The first kappa shape index (κ1) is 13.0. The molecule has 1 saturated heterocycles. The highest BCUT2D eigenvalue weighted by Crippen LogP contribution is 2.22. The first-order chi connectivity index (χ1) is 8.28. The monoisotopic (exact) mass is 266 g/mol. The number of hydrogen-bond donors (Lipinski definition) is 1. The zero-order valence-electron chi connectivity index (χ0n) is 10.1. The Balaban J connectivity index is 1.92. The van der Waals surface area contributed by atoms with E-state index in [1.807, 2.05) is 0 Å². The lowest BCUT2D eigenvalue weighted by Gasteiger charge is -2.29. The van der Waals surface area contributed by atoms with Crippen molar-refractivity contribution in [2.75, 3.05) is 25.4 Å². The molecule has 0 saturated carbocycles. The van der Waals surface area contributed by atoms with Crippen LogP contribution in [0.1, 0.15) is 17.4 Å². The summed E-state index contributed by atoms with van der Waals surface area (Å²) in [6.45, 7) is 6.22. The predicted molar refractivity (Wildman–Crippen MR) is 77.4 cm³/mol. The topological polar surface area (TPSA) is 29.3 Å². The van der Waals surface area contributed by atoms with Gasteiger partial charge < -0.3 is 5.73 Å². The SMILES string of the molecule is CC1CN(Cc2cc(C#CCN)cs2)CCS1. The highest BCUT2D eigenvalue weighted by molar-refractivity contribution is 7.99. The second-order valence-electron chi connectivity index (χ2n) is 4.22. The molecule has 2 rings (SSSR count). The fourth-order valence-corrected chi connectivity index (χ4v) is 3.88. The average molecular weight is 266 g/mol. The van der Waals surface area contributed by atoms with Crippen LogP contribution in [0.3, 0.4) is 0 Å². The Morgan fingerprint density at radius 1 is 1.59 bits per heavy atom. The molecule has 0 aromatic carbocycles. The summed E-state index contributed by atoms with van der Waals surface area (Å²) in [5, 5.41) is 2.89. The van der Waals surface area contributed by atoms with Crippen LogP contribution in [0.2, 0.25) is 0 Å². The molecule has 1 aromatic rings. The van der Waals surface area contributed by atoms with E-state index in [1.165, 1.54) is 23.7 Å². The van der Waals surface area contributed by atoms with Gasteiger partial charge in [-0.1, -0.05) is 18.8 Å². The number of nitrogens with zero attached hydrogens (tertiary/aromatic N) is 1. The van der Waals surface area contributed by atoms with Gasteiger partial charge in [-0.2, -0.15) is 11.8 Å². The Labute approximate surface area is 112 Å². The molecule has 92 valence electrons. The normalized spacial score (nSPS) is 20.9. The van der Waals surface area contributed by atoms with Gasteiger partial charge in [0.1, 0.15) is 0 Å². The summed E-state index contributed by atoms with van der Waals surface area (Å²) >= 11 is 3.88. The minimum Gasteiger partial charge on any atom is -0.320 e. The number of thioether (sulfide) groups is 1. The van der Waals surface area contributed by atoms with Gasteiger partial charge >= 0.3 is 0 Å². The first-order valence-corrected chi connectivity index (χ1v) is 7.81. The number of nitrogens with two attached hydrogens (primary N) is 1. The van der Waals surface area contributed by atoms with Crippen molar-refractivity contribution in [3.63, 3.8) is 0 Å². The quantitative estimate of drug-likeness (QED) is 0.830. The van der Waals surface area contributed by atoms with Gasteiger partial charge in [-0.15, -0.1) is 11.3 Å². The first-order valence-electron chi connectivity index (χ1n) is 5.88. The van der Waals surface area contributed by atoms with E-state index in [0.717, 1.165) is 17.4 Å². The van der Waals surface area contributed by atoms with Crippen LogP contribution in [0, 0.1) is 11.8 Å². The molecule has 2 heterocycles. The largest absolute Gasteiger partial charge is 0.320 e. The van der Waals surface area contributed by atoms with E-state index >= 15 is 0 Å². The Hall–Kier alpha value is -0.470. The summed E-state index contributed by atoms with van der Waals surface area (Å²) in [6.07, 6.45) is 0. The maximum atomic E-state index is 5.37. The van der Waals surface area contributed by atoms with Crippen molar-refractivity contribution in [2.24, 2.45) is 5.73 Å². The predicted octanol–water partition coefficient (Wildman–Crippen LogP) is 2.00. The molecule has 2 N–H and O–H groups in total. The third kappa shape index (κ3) is 4.04. The Morgan fingerprint density at radius 2 is 2.47 bits per heavy atom. The molecule has 1 aliphatic heterocycles. The second-order valence-corrected chi connectivity index (χ2v) is 6.77. The second kappa shape index (κ2) is 6.46. The van der Waals surface area contributed by atoms with Gasteiger partial charge in [0.2, 0.25) is 0 Å². The Bertz CT molecular complexity index is 417. The van der Waals surface area contributed by atoms with Crippen LogP contribution in [0.4, 0.5) is 0 Å². The minimum absolute atomic E-state index is 0.437. The van der Waals surface area contributed by atoms with Crippen molar-refractivity contribution >= 4 is 23.1 Å². The van der Waals surface area contributed by atoms with Gasteiger partial charge in [0.25, 0.3) is 0 Å². The fourth-order valence-electron chi connectivity index (χ4n) is 1.94. The van der Waals surface area contributed by atoms with E-state index < -0.39 is 0 Å². The van der Waals surface area contributed by atoms with Gasteiger partial charge in [-0.05, 0) is 6.07 Å². The Kier molecular flexibility index (Phi) is 4.93. The number of hydrogen-bond acceptors (Lipinski definition) is 4. The summed E-state index contributed by atoms with van der Waals surface area (Å²) in [7, 11) is 0. The molecule has 0 amide bonds. The summed E-state index contributed by atoms with van der Waals surface area (Å²) in [5.74, 6) is 7.24. The zero-order valence-corrected chi connectivity index (χ0v) is 11.7. The highest BCUT2D eigenvalue weighted by Gasteiger charge is 2.16. The zero-order chi connectivity index (χ0) is 12.1. The van der Waals surface area contributed by atoms with E-state index in [4.69, 9.17) is 5.73 Å². The van der Waals surface area contributed by atoms with Crippen LogP contribution in [0.5, 0.6) is 0 Å². The lowest BCUT2D eigenvalue weighted by molar-refractivity contribution is 0.281. The maximum absolute atomic E-state index is 5.37. The van der Waals surface area contributed by atoms with Crippen LogP contribution < -0.4 is 5.73 Å². The molecule has 1 aromatic heterocycles. The fraction of sp³-hybridized carbons (Fsp3) is 0.538. The molecular weight excluding hydrogens is 248 g/mol. The standard InChI is InChI=1S/C13H18N2S2/c1-11-8-15(5-6-16-11)9-13-7-12(10-17-13)3-2-4-14/h7,10-11H,4-6,8-9,14H2,1H3.